The molecule has 4 aromatic rings. The third kappa shape index (κ3) is 3.65. The summed E-state index contributed by atoms with van der Waals surface area (Å²) in [6, 6.07) is 21.5. The molecule has 0 amide bonds. The van der Waals surface area contributed by atoms with Crippen LogP contribution in [-0.2, 0) is 0 Å². The molecule has 0 saturated carbocycles. The van der Waals surface area contributed by atoms with E-state index in [0.717, 1.165) is 5.75 Å². The van der Waals surface area contributed by atoms with Crippen molar-refractivity contribution in [1.82, 2.24) is 4.23 Å². The van der Waals surface area contributed by atoms with Crippen molar-refractivity contribution in [2.75, 3.05) is 7.11 Å². The zero-order valence-corrected chi connectivity index (χ0v) is 22.6. The van der Waals surface area contributed by atoms with Crippen LogP contribution in [0.25, 0.3) is 21.7 Å². The summed E-state index contributed by atoms with van der Waals surface area (Å²) in [5.74, 6) is 3.90. The van der Waals surface area contributed by atoms with Crippen molar-refractivity contribution in [3.63, 3.8) is 0 Å². The van der Waals surface area contributed by atoms with Crippen molar-refractivity contribution in [3.05, 3.63) is 78.0 Å². The Kier molecular flexibility index (Phi) is 6.65. The molecule has 176 valence electrons. The summed E-state index contributed by atoms with van der Waals surface area (Å²) >= 11 is 0. The van der Waals surface area contributed by atoms with E-state index in [1.54, 1.807) is 7.11 Å². The minimum atomic E-state index is -1.98. The predicted octanol–water partition coefficient (Wildman–Crippen LogP) is 8.59. The molecule has 0 N–H and O–H groups in total. The molecule has 0 aliphatic rings. The van der Waals surface area contributed by atoms with Gasteiger partial charge in [0.2, 0.25) is 0 Å². The minimum Gasteiger partial charge on any atom is -0.497 e. The molecule has 0 saturated heterocycles. The molecule has 0 fully saturated rings. The number of rotatable bonds is 7. The van der Waals surface area contributed by atoms with Crippen molar-refractivity contribution >= 4 is 29.9 Å². The fraction of sp³-hybridized carbons (Fsp3) is 0.355. The van der Waals surface area contributed by atoms with E-state index in [-0.39, 0.29) is 5.92 Å². The Labute approximate surface area is 206 Å². The molecule has 0 bridgehead atoms. The normalized spacial score (nSPS) is 13.2. The van der Waals surface area contributed by atoms with E-state index in [4.69, 9.17) is 11.2 Å². The van der Waals surface area contributed by atoms with E-state index in [2.05, 4.69) is 119 Å². The van der Waals surface area contributed by atoms with Gasteiger partial charge in [0, 0.05) is 17.1 Å². The van der Waals surface area contributed by atoms with Crippen molar-refractivity contribution < 1.29 is 4.74 Å². The number of terminal acetylenes is 1. The van der Waals surface area contributed by atoms with Crippen LogP contribution < -0.4 is 4.74 Å². The number of fused-ring (bicyclic) bond motifs is 2. The summed E-state index contributed by atoms with van der Waals surface area (Å²) in [6.45, 7) is 14.4. The molecule has 3 heteroatoms. The van der Waals surface area contributed by atoms with Crippen LogP contribution in [0, 0.1) is 12.3 Å². The fourth-order valence-electron chi connectivity index (χ4n) is 6.60. The zero-order valence-electron chi connectivity index (χ0n) is 21.6. The molecule has 0 unspecified atom stereocenters. The first kappa shape index (κ1) is 24.2. The highest BCUT2D eigenvalue weighted by molar-refractivity contribution is 6.82. The molecule has 0 aliphatic carbocycles. The van der Waals surface area contributed by atoms with E-state index in [0.29, 0.717) is 16.6 Å². The van der Waals surface area contributed by atoms with Crippen LogP contribution >= 0.6 is 0 Å². The summed E-state index contributed by atoms with van der Waals surface area (Å²) in [5.41, 5.74) is 5.42. The highest BCUT2D eigenvalue weighted by Crippen LogP contribution is 2.46. The smallest absolute Gasteiger partial charge is 0.169 e. The summed E-state index contributed by atoms with van der Waals surface area (Å²) < 4.78 is 8.33. The molecular formula is C31H37NOSi. The van der Waals surface area contributed by atoms with Gasteiger partial charge in [0.05, 0.1) is 13.0 Å². The second kappa shape index (κ2) is 9.35. The van der Waals surface area contributed by atoms with E-state index in [9.17, 15) is 0 Å². The SMILES string of the molecule is C#C[C@H](c1cccc2ccccc12)c1cn([Si](C(C)C)(C(C)C)C(C)C)c2ccc(OC)cc12. The molecule has 0 radical (unpaired) electrons. The topological polar surface area (TPSA) is 14.2 Å². The van der Waals surface area contributed by atoms with E-state index < -0.39 is 8.24 Å². The van der Waals surface area contributed by atoms with Gasteiger partial charge in [0.1, 0.15) is 5.75 Å². The molecule has 2 nitrogen and oxygen atoms in total. The quantitative estimate of drug-likeness (QED) is 0.196. The second-order valence-electron chi connectivity index (χ2n) is 10.4. The highest BCUT2D eigenvalue weighted by atomic mass is 28.3. The third-order valence-electron chi connectivity index (χ3n) is 7.85. The van der Waals surface area contributed by atoms with Crippen LogP contribution in [0.15, 0.2) is 66.9 Å². The number of methoxy groups -OCH3 is 1. The molecule has 0 spiro atoms. The first-order valence-electron chi connectivity index (χ1n) is 12.4. The van der Waals surface area contributed by atoms with E-state index in [1.807, 2.05) is 0 Å². The van der Waals surface area contributed by atoms with Gasteiger partial charge in [-0.2, -0.15) is 0 Å². The maximum absolute atomic E-state index is 6.31. The maximum Gasteiger partial charge on any atom is 0.169 e. The second-order valence-corrected chi connectivity index (χ2v) is 16.1. The van der Waals surface area contributed by atoms with Gasteiger partial charge in [0.25, 0.3) is 0 Å². The van der Waals surface area contributed by atoms with E-state index >= 15 is 0 Å². The predicted molar refractivity (Wildman–Crippen MR) is 150 cm³/mol. The molecular weight excluding hydrogens is 430 g/mol. The van der Waals surface area contributed by atoms with Gasteiger partial charge in [-0.05, 0) is 56.7 Å². The number of hydrogen-bond acceptors (Lipinski definition) is 1. The van der Waals surface area contributed by atoms with Crippen LogP contribution in [0.2, 0.25) is 16.6 Å². The Morgan fingerprint density at radius 2 is 1.44 bits per heavy atom. The van der Waals surface area contributed by atoms with Gasteiger partial charge in [-0.3, -0.25) is 0 Å². The molecule has 0 aliphatic heterocycles. The van der Waals surface area contributed by atoms with Gasteiger partial charge in [-0.1, -0.05) is 89.9 Å². The Morgan fingerprint density at radius 1 is 0.794 bits per heavy atom. The largest absolute Gasteiger partial charge is 0.497 e. The molecule has 34 heavy (non-hydrogen) atoms. The van der Waals surface area contributed by atoms with Crippen molar-refractivity contribution in [1.29, 1.82) is 0 Å². The van der Waals surface area contributed by atoms with E-state index in [1.165, 1.54) is 32.8 Å². The van der Waals surface area contributed by atoms with Crippen LogP contribution in [-0.4, -0.2) is 19.6 Å². The minimum absolute atomic E-state index is 0.139. The van der Waals surface area contributed by atoms with Gasteiger partial charge in [0.15, 0.2) is 8.24 Å². The lowest BCUT2D eigenvalue weighted by molar-refractivity contribution is 0.415. The number of benzene rings is 3. The Morgan fingerprint density at radius 3 is 2.06 bits per heavy atom. The van der Waals surface area contributed by atoms with Gasteiger partial charge in [-0.25, -0.2) is 0 Å². The van der Waals surface area contributed by atoms with Crippen molar-refractivity contribution in [2.45, 2.75) is 64.1 Å². The number of aromatic nitrogens is 1. The Balaban J connectivity index is 2.08. The summed E-state index contributed by atoms with van der Waals surface area (Å²) in [5, 5.41) is 3.64. The molecule has 1 atom stereocenters. The first-order chi connectivity index (χ1) is 16.3. The summed E-state index contributed by atoms with van der Waals surface area (Å²) in [6.07, 6.45) is 8.71. The molecule has 1 aromatic heterocycles. The number of hydrogen-bond donors (Lipinski definition) is 0. The fourth-order valence-corrected chi connectivity index (χ4v) is 13.2. The average Bonchev–Trinajstić information content (AvgIpc) is 3.18. The molecule has 3 aromatic carbocycles. The lowest BCUT2D eigenvalue weighted by Gasteiger charge is -2.44. The van der Waals surface area contributed by atoms with Crippen molar-refractivity contribution in [3.8, 4) is 18.1 Å². The molecule has 4 rings (SSSR count). The Hall–Kier alpha value is -2.96. The van der Waals surface area contributed by atoms with Crippen LogP contribution in [0.1, 0.15) is 58.6 Å². The Bertz CT molecular complexity index is 1330. The average molecular weight is 468 g/mol. The number of nitrogens with zero attached hydrogens (tertiary/aromatic N) is 1. The number of ether oxygens (including phenoxy) is 1. The van der Waals surface area contributed by atoms with Gasteiger partial charge >= 0.3 is 0 Å². The van der Waals surface area contributed by atoms with Crippen LogP contribution in [0.5, 0.6) is 5.75 Å². The van der Waals surface area contributed by atoms with Crippen LogP contribution in [0.3, 0.4) is 0 Å². The van der Waals surface area contributed by atoms with Gasteiger partial charge in [-0.15, -0.1) is 6.42 Å². The standard InChI is InChI=1S/C31H37NOSi/c1-9-26(28-16-12-14-24-13-10-11-15-27(24)28)30-20-32(31-18-17-25(33-8)19-29(30)31)34(21(2)3,22(4)5)23(6)7/h1,10-23,26H,2-8H3/t26-/m1/s1. The maximum atomic E-state index is 6.31. The molecule has 1 heterocycles. The summed E-state index contributed by atoms with van der Waals surface area (Å²) in [4.78, 5) is 0. The lowest BCUT2D eigenvalue weighted by Crippen LogP contribution is -2.51. The third-order valence-corrected chi connectivity index (χ3v) is 14.6. The first-order valence-corrected chi connectivity index (χ1v) is 14.6. The van der Waals surface area contributed by atoms with Gasteiger partial charge < -0.3 is 8.97 Å². The highest BCUT2D eigenvalue weighted by Gasteiger charge is 2.46. The zero-order chi connectivity index (χ0) is 24.6. The van der Waals surface area contributed by atoms with Crippen LogP contribution in [0.4, 0.5) is 0 Å². The summed E-state index contributed by atoms with van der Waals surface area (Å²) in [7, 11) is -0.248. The lowest BCUT2D eigenvalue weighted by atomic mass is 9.88. The monoisotopic (exact) mass is 467 g/mol. The van der Waals surface area contributed by atoms with Crippen molar-refractivity contribution in [2.24, 2.45) is 0 Å².